The maximum atomic E-state index is 11.6. The Bertz CT molecular complexity index is 548. The van der Waals surface area contributed by atoms with E-state index in [4.69, 9.17) is 0 Å². The van der Waals surface area contributed by atoms with E-state index in [1.807, 2.05) is 0 Å². The van der Waals surface area contributed by atoms with Gasteiger partial charge in [0, 0.05) is 18.6 Å². The Balaban J connectivity index is 3.36. The third-order valence-corrected chi connectivity index (χ3v) is 2.58. The Morgan fingerprint density at radius 3 is 2.68 bits per heavy atom. The van der Waals surface area contributed by atoms with Gasteiger partial charge in [0.1, 0.15) is 6.29 Å². The maximum absolute atomic E-state index is 11.6. The largest absolute Gasteiger partial charge is 0.465 e. The number of nitrogens with zero attached hydrogens (tertiary/aromatic N) is 1. The van der Waals surface area contributed by atoms with E-state index in [1.165, 1.54) is 19.2 Å². The molecule has 19 heavy (non-hydrogen) atoms. The van der Waals surface area contributed by atoms with Gasteiger partial charge < -0.3 is 9.53 Å². The standard InChI is InChI=1S/C13H13NO5/c1-9-10(5-3-4-6-15)7-11(14(17)18)8-12(9)13(16)19-2/h3,5-8H,4H2,1-2H3. The molecule has 0 aliphatic rings. The molecular formula is C13H13NO5. The number of allylic oxidation sites excluding steroid dienone is 1. The number of hydrogen-bond acceptors (Lipinski definition) is 5. The fraction of sp³-hybridized carbons (Fsp3) is 0.231. The van der Waals surface area contributed by atoms with Crippen molar-refractivity contribution in [1.82, 2.24) is 0 Å². The van der Waals surface area contributed by atoms with Gasteiger partial charge in [-0.25, -0.2) is 4.79 Å². The van der Waals surface area contributed by atoms with Crippen LogP contribution in [0.2, 0.25) is 0 Å². The first-order valence-corrected chi connectivity index (χ1v) is 5.48. The SMILES string of the molecule is COC(=O)c1cc([N+](=O)[O-])cc(C=CCC=O)c1C. The lowest BCUT2D eigenvalue weighted by molar-refractivity contribution is -0.384. The molecule has 100 valence electrons. The summed E-state index contributed by atoms with van der Waals surface area (Å²) in [5.74, 6) is -0.633. The van der Waals surface area contributed by atoms with Gasteiger partial charge in [-0.15, -0.1) is 0 Å². The molecular weight excluding hydrogens is 250 g/mol. The summed E-state index contributed by atoms with van der Waals surface area (Å²) in [5.41, 5.74) is 1.02. The predicted molar refractivity (Wildman–Crippen MR) is 68.9 cm³/mol. The Morgan fingerprint density at radius 1 is 1.47 bits per heavy atom. The van der Waals surface area contributed by atoms with Gasteiger partial charge >= 0.3 is 5.97 Å². The van der Waals surface area contributed by atoms with Crippen molar-refractivity contribution in [3.05, 3.63) is 45.0 Å². The van der Waals surface area contributed by atoms with Crippen molar-refractivity contribution in [2.75, 3.05) is 7.11 Å². The molecule has 0 aliphatic heterocycles. The zero-order chi connectivity index (χ0) is 14.4. The van der Waals surface area contributed by atoms with Crippen LogP contribution >= 0.6 is 0 Å². The first kappa shape index (κ1) is 14.6. The number of rotatable bonds is 5. The third-order valence-electron chi connectivity index (χ3n) is 2.58. The zero-order valence-electron chi connectivity index (χ0n) is 10.6. The quantitative estimate of drug-likeness (QED) is 0.352. The molecule has 0 saturated heterocycles. The van der Waals surface area contributed by atoms with Crippen molar-refractivity contribution in [3.8, 4) is 0 Å². The topological polar surface area (TPSA) is 86.5 Å². The minimum Gasteiger partial charge on any atom is -0.465 e. The number of carbonyl (C=O) groups is 2. The van der Waals surface area contributed by atoms with Crippen LogP contribution in [0.4, 0.5) is 5.69 Å². The number of nitro groups is 1. The van der Waals surface area contributed by atoms with E-state index in [0.717, 1.165) is 0 Å². The molecule has 0 aromatic heterocycles. The summed E-state index contributed by atoms with van der Waals surface area (Å²) in [4.78, 5) is 32.1. The number of non-ortho nitro benzene ring substituents is 1. The van der Waals surface area contributed by atoms with Crippen LogP contribution in [0.5, 0.6) is 0 Å². The maximum Gasteiger partial charge on any atom is 0.338 e. The van der Waals surface area contributed by atoms with Gasteiger partial charge in [0.05, 0.1) is 17.6 Å². The molecule has 0 amide bonds. The molecule has 6 nitrogen and oxygen atoms in total. The molecule has 0 N–H and O–H groups in total. The van der Waals surface area contributed by atoms with Crippen molar-refractivity contribution >= 4 is 24.0 Å². The van der Waals surface area contributed by atoms with Gasteiger partial charge in [-0.2, -0.15) is 0 Å². The number of ether oxygens (including phenoxy) is 1. The van der Waals surface area contributed by atoms with E-state index in [9.17, 15) is 19.7 Å². The van der Waals surface area contributed by atoms with Crippen LogP contribution in [0.15, 0.2) is 18.2 Å². The number of hydrogen-bond donors (Lipinski definition) is 0. The van der Waals surface area contributed by atoms with Crippen LogP contribution in [0, 0.1) is 17.0 Å². The van der Waals surface area contributed by atoms with Gasteiger partial charge in [0.25, 0.3) is 5.69 Å². The number of methoxy groups -OCH3 is 1. The second-order valence-corrected chi connectivity index (χ2v) is 3.76. The average Bonchev–Trinajstić information content (AvgIpc) is 2.39. The molecule has 0 heterocycles. The Hall–Kier alpha value is -2.50. The van der Waals surface area contributed by atoms with E-state index in [0.29, 0.717) is 17.4 Å². The summed E-state index contributed by atoms with van der Waals surface area (Å²) < 4.78 is 4.59. The second-order valence-electron chi connectivity index (χ2n) is 3.76. The highest BCUT2D eigenvalue weighted by atomic mass is 16.6. The molecule has 0 spiro atoms. The summed E-state index contributed by atoms with van der Waals surface area (Å²) in [5, 5.41) is 10.8. The van der Waals surface area contributed by atoms with Gasteiger partial charge in [-0.3, -0.25) is 10.1 Å². The minimum absolute atomic E-state index is 0.141. The fourth-order valence-corrected chi connectivity index (χ4v) is 1.57. The molecule has 0 aliphatic carbocycles. The van der Waals surface area contributed by atoms with Gasteiger partial charge in [-0.05, 0) is 18.1 Å². The van der Waals surface area contributed by atoms with E-state index >= 15 is 0 Å². The molecule has 6 heteroatoms. The number of carbonyl (C=O) groups excluding carboxylic acids is 2. The van der Waals surface area contributed by atoms with Crippen LogP contribution in [0.3, 0.4) is 0 Å². The van der Waals surface area contributed by atoms with Crippen molar-refractivity contribution in [2.45, 2.75) is 13.3 Å². The fourth-order valence-electron chi connectivity index (χ4n) is 1.57. The lowest BCUT2D eigenvalue weighted by atomic mass is 10.0. The van der Waals surface area contributed by atoms with Crippen molar-refractivity contribution in [1.29, 1.82) is 0 Å². The number of nitro benzene ring substituents is 1. The first-order chi connectivity index (χ1) is 9.01. The van der Waals surface area contributed by atoms with Crippen molar-refractivity contribution in [3.63, 3.8) is 0 Å². The molecule has 0 unspecified atom stereocenters. The van der Waals surface area contributed by atoms with Crippen molar-refractivity contribution in [2.24, 2.45) is 0 Å². The molecule has 1 rings (SSSR count). The Kier molecular flexibility index (Phi) is 4.93. The highest BCUT2D eigenvalue weighted by molar-refractivity contribution is 5.93. The lowest BCUT2D eigenvalue weighted by Gasteiger charge is -2.07. The van der Waals surface area contributed by atoms with Gasteiger partial charge in [0.15, 0.2) is 0 Å². The van der Waals surface area contributed by atoms with Crippen molar-refractivity contribution < 1.29 is 19.2 Å². The summed E-state index contributed by atoms with van der Waals surface area (Å²) in [6.45, 7) is 1.66. The summed E-state index contributed by atoms with van der Waals surface area (Å²) in [6, 6.07) is 2.53. The smallest absolute Gasteiger partial charge is 0.338 e. The molecule has 0 atom stereocenters. The Labute approximate surface area is 109 Å². The van der Waals surface area contributed by atoms with E-state index in [2.05, 4.69) is 4.74 Å². The number of esters is 1. The van der Waals surface area contributed by atoms with Crippen LogP contribution in [-0.2, 0) is 9.53 Å². The van der Waals surface area contributed by atoms with Crippen LogP contribution < -0.4 is 0 Å². The van der Waals surface area contributed by atoms with Crippen LogP contribution in [0.1, 0.15) is 27.9 Å². The normalized spacial score (nSPS) is 10.4. The predicted octanol–water partition coefficient (Wildman–Crippen LogP) is 2.29. The van der Waals surface area contributed by atoms with Gasteiger partial charge in [-0.1, -0.05) is 12.2 Å². The highest BCUT2D eigenvalue weighted by Crippen LogP contribution is 2.24. The monoisotopic (exact) mass is 263 g/mol. The van der Waals surface area contributed by atoms with Gasteiger partial charge in [0.2, 0.25) is 0 Å². The minimum atomic E-state index is -0.633. The Morgan fingerprint density at radius 2 is 2.16 bits per heavy atom. The third kappa shape index (κ3) is 3.48. The zero-order valence-corrected chi connectivity index (χ0v) is 10.6. The van der Waals surface area contributed by atoms with E-state index < -0.39 is 10.9 Å². The molecule has 0 saturated carbocycles. The van der Waals surface area contributed by atoms with Crippen LogP contribution in [-0.4, -0.2) is 24.3 Å². The molecule has 0 radical (unpaired) electrons. The number of aldehydes is 1. The second kappa shape index (κ2) is 6.44. The highest BCUT2D eigenvalue weighted by Gasteiger charge is 2.18. The summed E-state index contributed by atoms with van der Waals surface area (Å²) in [6.07, 6.45) is 4.06. The molecule has 0 fully saturated rings. The van der Waals surface area contributed by atoms with Crippen LogP contribution in [0.25, 0.3) is 6.08 Å². The first-order valence-electron chi connectivity index (χ1n) is 5.48. The lowest BCUT2D eigenvalue weighted by Crippen LogP contribution is -2.06. The van der Waals surface area contributed by atoms with E-state index in [-0.39, 0.29) is 17.7 Å². The summed E-state index contributed by atoms with van der Waals surface area (Å²) in [7, 11) is 1.21. The number of benzene rings is 1. The van der Waals surface area contributed by atoms with E-state index in [1.54, 1.807) is 19.1 Å². The summed E-state index contributed by atoms with van der Waals surface area (Å²) >= 11 is 0. The molecule has 0 bridgehead atoms. The molecule has 1 aromatic rings. The molecule has 1 aromatic carbocycles. The average molecular weight is 263 g/mol.